The Hall–Kier alpha value is -0.795. The molecule has 1 fully saturated rings. The van der Waals surface area contributed by atoms with Gasteiger partial charge in [0.1, 0.15) is 0 Å². The van der Waals surface area contributed by atoms with Gasteiger partial charge in [0.15, 0.2) is 0 Å². The second-order valence-electron chi connectivity index (χ2n) is 7.15. The summed E-state index contributed by atoms with van der Waals surface area (Å²) >= 11 is 0. The fourth-order valence-electron chi connectivity index (χ4n) is 2.54. The highest BCUT2D eigenvalue weighted by molar-refractivity contribution is 6.47. The number of benzene rings is 1. The van der Waals surface area contributed by atoms with E-state index in [1.807, 2.05) is 0 Å². The minimum Gasteiger partial charge on any atom is -0.403 e. The van der Waals surface area contributed by atoms with E-state index in [1.165, 1.54) is 5.56 Å². The van der Waals surface area contributed by atoms with E-state index in [0.29, 0.717) is 11.7 Å². The molecule has 1 aliphatic heterocycles. The van der Waals surface area contributed by atoms with Gasteiger partial charge in [-0.3, -0.25) is 0 Å². The van der Waals surface area contributed by atoms with Crippen LogP contribution in [0.15, 0.2) is 30.3 Å². The van der Waals surface area contributed by atoms with E-state index in [2.05, 4.69) is 71.9 Å². The first-order valence-corrected chi connectivity index (χ1v) is 7.62. The van der Waals surface area contributed by atoms with Crippen LogP contribution >= 0.6 is 0 Å². The maximum absolute atomic E-state index is 6.16. The molecule has 2 nitrogen and oxygen atoms in total. The maximum Gasteiger partial charge on any atom is 0.461 e. The lowest BCUT2D eigenvalue weighted by Gasteiger charge is -2.32. The molecule has 20 heavy (non-hydrogen) atoms. The molecule has 0 spiro atoms. The first-order chi connectivity index (χ1) is 9.23. The average Bonchev–Trinajstić information content (AvgIpc) is 2.58. The average molecular weight is 274 g/mol. The van der Waals surface area contributed by atoms with Crippen molar-refractivity contribution >= 4 is 7.12 Å². The lowest BCUT2D eigenvalue weighted by atomic mass is 9.65. The summed E-state index contributed by atoms with van der Waals surface area (Å²) in [5.74, 6) is 0.892. The number of hydrogen-bond donors (Lipinski definition) is 0. The monoisotopic (exact) mass is 274 g/mol. The van der Waals surface area contributed by atoms with E-state index >= 15 is 0 Å². The third kappa shape index (κ3) is 3.10. The van der Waals surface area contributed by atoms with Crippen molar-refractivity contribution < 1.29 is 9.31 Å². The quantitative estimate of drug-likeness (QED) is 0.760. The zero-order valence-electron chi connectivity index (χ0n) is 13.6. The maximum atomic E-state index is 6.16. The fraction of sp³-hybridized carbons (Fsp3) is 0.647. The van der Waals surface area contributed by atoms with Crippen LogP contribution in [0, 0.1) is 5.92 Å². The van der Waals surface area contributed by atoms with Crippen molar-refractivity contribution in [2.75, 3.05) is 0 Å². The molecular formula is C17H27BO2. The Balaban J connectivity index is 2.00. The molecule has 0 saturated carbocycles. The van der Waals surface area contributed by atoms with Gasteiger partial charge in [0.2, 0.25) is 0 Å². The predicted octanol–water partition coefficient (Wildman–Crippen LogP) is 4.35. The van der Waals surface area contributed by atoms with E-state index < -0.39 is 0 Å². The van der Waals surface area contributed by atoms with Gasteiger partial charge in [0.05, 0.1) is 11.2 Å². The largest absolute Gasteiger partial charge is 0.461 e. The zero-order valence-corrected chi connectivity index (χ0v) is 13.6. The van der Waals surface area contributed by atoms with Gasteiger partial charge < -0.3 is 9.31 Å². The second kappa shape index (κ2) is 5.53. The van der Waals surface area contributed by atoms with Gasteiger partial charge >= 0.3 is 7.12 Å². The molecule has 0 radical (unpaired) electrons. The summed E-state index contributed by atoms with van der Waals surface area (Å²) in [7, 11) is -0.112. The fourth-order valence-corrected chi connectivity index (χ4v) is 2.54. The minimum absolute atomic E-state index is 0.112. The Morgan fingerprint density at radius 3 is 1.95 bits per heavy atom. The SMILES string of the molecule is C[C@H](Cc1ccccc1)[C@@H](C)B1OC(C)(C)C(C)(C)O1. The van der Waals surface area contributed by atoms with Crippen LogP contribution in [-0.2, 0) is 15.7 Å². The van der Waals surface area contributed by atoms with Crippen LogP contribution in [0.1, 0.15) is 47.1 Å². The van der Waals surface area contributed by atoms with E-state index in [0.717, 1.165) is 6.42 Å². The van der Waals surface area contributed by atoms with Crippen molar-refractivity contribution in [2.24, 2.45) is 5.92 Å². The Labute approximate surface area is 124 Å². The standard InChI is InChI=1S/C17H27BO2/c1-13(12-15-10-8-7-9-11-15)14(2)18-19-16(3,4)17(5,6)20-18/h7-11,13-14H,12H2,1-6H3/t13-,14-/m1/s1. The van der Waals surface area contributed by atoms with E-state index in [9.17, 15) is 0 Å². The van der Waals surface area contributed by atoms with Crippen molar-refractivity contribution in [3.8, 4) is 0 Å². The second-order valence-corrected chi connectivity index (χ2v) is 7.15. The van der Waals surface area contributed by atoms with Gasteiger partial charge in [-0.25, -0.2) is 0 Å². The summed E-state index contributed by atoms with van der Waals surface area (Å²) in [6.07, 6.45) is 1.06. The predicted molar refractivity (Wildman–Crippen MR) is 84.8 cm³/mol. The van der Waals surface area contributed by atoms with Crippen LogP contribution in [0.2, 0.25) is 5.82 Å². The molecule has 0 aromatic heterocycles. The van der Waals surface area contributed by atoms with E-state index in [1.54, 1.807) is 0 Å². The molecule has 0 aliphatic carbocycles. The normalized spacial score (nSPS) is 23.6. The van der Waals surface area contributed by atoms with Gasteiger partial charge in [-0.15, -0.1) is 0 Å². The third-order valence-corrected chi connectivity index (χ3v) is 5.00. The van der Waals surface area contributed by atoms with Gasteiger partial charge in [-0.2, -0.15) is 0 Å². The van der Waals surface area contributed by atoms with Crippen molar-refractivity contribution in [3.05, 3.63) is 35.9 Å². The van der Waals surface area contributed by atoms with E-state index in [4.69, 9.17) is 9.31 Å². The molecule has 1 saturated heterocycles. The van der Waals surface area contributed by atoms with Gasteiger partial charge in [-0.1, -0.05) is 44.2 Å². The number of hydrogen-bond acceptors (Lipinski definition) is 2. The first-order valence-electron chi connectivity index (χ1n) is 7.62. The summed E-state index contributed by atoms with van der Waals surface area (Å²) in [5.41, 5.74) is 0.903. The highest BCUT2D eigenvalue weighted by Crippen LogP contribution is 2.42. The molecule has 0 N–H and O–H groups in total. The van der Waals surface area contributed by atoms with E-state index in [-0.39, 0.29) is 18.3 Å². The van der Waals surface area contributed by atoms with Crippen molar-refractivity contribution in [1.82, 2.24) is 0 Å². The van der Waals surface area contributed by atoms with Crippen LogP contribution in [-0.4, -0.2) is 18.3 Å². The molecule has 0 amide bonds. The Bertz CT molecular complexity index is 426. The van der Waals surface area contributed by atoms with Crippen molar-refractivity contribution in [2.45, 2.75) is 65.0 Å². The van der Waals surface area contributed by atoms with Gasteiger partial charge in [-0.05, 0) is 51.4 Å². The lowest BCUT2D eigenvalue weighted by molar-refractivity contribution is 0.00578. The molecule has 0 bridgehead atoms. The van der Waals surface area contributed by atoms with Crippen LogP contribution in [0.5, 0.6) is 0 Å². The summed E-state index contributed by atoms with van der Waals surface area (Å²) in [6, 6.07) is 10.6. The molecule has 3 heteroatoms. The Kier molecular flexibility index (Phi) is 4.31. The highest BCUT2D eigenvalue weighted by Gasteiger charge is 2.53. The molecule has 1 aromatic rings. The molecular weight excluding hydrogens is 247 g/mol. The van der Waals surface area contributed by atoms with Crippen LogP contribution in [0.4, 0.5) is 0 Å². The Morgan fingerprint density at radius 2 is 1.45 bits per heavy atom. The summed E-state index contributed by atoms with van der Waals surface area (Å²) in [6.45, 7) is 13.0. The minimum atomic E-state index is -0.238. The summed E-state index contributed by atoms with van der Waals surface area (Å²) in [5, 5.41) is 0. The highest BCUT2D eigenvalue weighted by atomic mass is 16.7. The summed E-state index contributed by atoms with van der Waals surface area (Å²) < 4.78 is 12.3. The molecule has 2 atom stereocenters. The first kappa shape index (κ1) is 15.6. The van der Waals surface area contributed by atoms with Gasteiger partial charge in [0.25, 0.3) is 0 Å². The topological polar surface area (TPSA) is 18.5 Å². The van der Waals surface area contributed by atoms with Crippen LogP contribution < -0.4 is 0 Å². The van der Waals surface area contributed by atoms with Crippen molar-refractivity contribution in [1.29, 1.82) is 0 Å². The Morgan fingerprint density at radius 1 is 0.950 bits per heavy atom. The molecule has 1 aliphatic rings. The van der Waals surface area contributed by atoms with Crippen LogP contribution in [0.25, 0.3) is 0 Å². The van der Waals surface area contributed by atoms with Crippen molar-refractivity contribution in [3.63, 3.8) is 0 Å². The van der Waals surface area contributed by atoms with Crippen LogP contribution in [0.3, 0.4) is 0 Å². The molecule has 0 unspecified atom stereocenters. The molecule has 2 rings (SSSR count). The van der Waals surface area contributed by atoms with Gasteiger partial charge in [0, 0.05) is 0 Å². The lowest BCUT2D eigenvalue weighted by Crippen LogP contribution is -2.41. The third-order valence-electron chi connectivity index (χ3n) is 5.00. The zero-order chi connectivity index (χ0) is 15.0. The molecule has 110 valence electrons. The summed E-state index contributed by atoms with van der Waals surface area (Å²) in [4.78, 5) is 0. The molecule has 1 heterocycles. The smallest absolute Gasteiger partial charge is 0.403 e. The number of rotatable bonds is 4. The molecule has 1 aromatic carbocycles.